The van der Waals surface area contributed by atoms with Gasteiger partial charge >= 0.3 is 5.97 Å². The van der Waals surface area contributed by atoms with E-state index < -0.39 is 5.97 Å². The summed E-state index contributed by atoms with van der Waals surface area (Å²) in [7, 11) is 1.27. The molecule has 22 heavy (non-hydrogen) atoms. The Balaban J connectivity index is 2.63. The van der Waals surface area contributed by atoms with Crippen molar-refractivity contribution in [3.8, 4) is 0 Å². The molecule has 0 aliphatic rings. The quantitative estimate of drug-likeness (QED) is 0.599. The average Bonchev–Trinajstić information content (AvgIpc) is 2.51. The van der Waals surface area contributed by atoms with Gasteiger partial charge in [0.25, 0.3) is 5.56 Å². The molecule has 7 heteroatoms. The predicted octanol–water partition coefficient (Wildman–Crippen LogP) is 2.34. The SMILES string of the molecule is CCO/C=C/c1nn(CC(=O)OC)c(=O)c2ccc(Br)cc12. The van der Waals surface area contributed by atoms with E-state index in [0.717, 1.165) is 9.15 Å². The molecule has 2 rings (SSSR count). The van der Waals surface area contributed by atoms with Gasteiger partial charge < -0.3 is 9.47 Å². The summed E-state index contributed by atoms with van der Waals surface area (Å²) in [5.41, 5.74) is 0.190. The first-order valence-electron chi connectivity index (χ1n) is 6.62. The van der Waals surface area contributed by atoms with Crippen molar-refractivity contribution in [1.29, 1.82) is 0 Å². The van der Waals surface area contributed by atoms with E-state index in [1.165, 1.54) is 13.4 Å². The first-order valence-corrected chi connectivity index (χ1v) is 7.41. The largest absolute Gasteiger partial charge is 0.501 e. The summed E-state index contributed by atoms with van der Waals surface area (Å²) in [5, 5.41) is 5.36. The number of halogens is 1. The molecule has 0 saturated carbocycles. The lowest BCUT2D eigenvalue weighted by Crippen LogP contribution is -2.28. The molecule has 0 amide bonds. The van der Waals surface area contributed by atoms with Crippen LogP contribution in [0.5, 0.6) is 0 Å². The van der Waals surface area contributed by atoms with Gasteiger partial charge in [-0.1, -0.05) is 15.9 Å². The number of ether oxygens (including phenoxy) is 2. The van der Waals surface area contributed by atoms with Crippen LogP contribution in [0.3, 0.4) is 0 Å². The molecule has 116 valence electrons. The number of esters is 1. The topological polar surface area (TPSA) is 70.4 Å². The summed E-state index contributed by atoms with van der Waals surface area (Å²) in [6.07, 6.45) is 3.17. The molecule has 0 radical (unpaired) electrons. The van der Waals surface area contributed by atoms with Gasteiger partial charge in [-0.15, -0.1) is 0 Å². The van der Waals surface area contributed by atoms with Gasteiger partial charge in [0, 0.05) is 15.9 Å². The van der Waals surface area contributed by atoms with Gasteiger partial charge in [-0.2, -0.15) is 5.10 Å². The van der Waals surface area contributed by atoms with E-state index in [9.17, 15) is 9.59 Å². The molecule has 0 unspecified atom stereocenters. The van der Waals surface area contributed by atoms with Crippen LogP contribution in [0.4, 0.5) is 0 Å². The highest BCUT2D eigenvalue weighted by atomic mass is 79.9. The monoisotopic (exact) mass is 366 g/mol. The van der Waals surface area contributed by atoms with E-state index in [2.05, 4.69) is 25.8 Å². The minimum atomic E-state index is -0.536. The Kier molecular flexibility index (Phi) is 5.32. The molecule has 2 aromatic rings. The first kappa shape index (κ1) is 16.2. The second-order valence-electron chi connectivity index (χ2n) is 4.37. The molecule has 1 aromatic carbocycles. The molecule has 0 aliphatic heterocycles. The molecule has 6 nitrogen and oxygen atoms in total. The number of methoxy groups -OCH3 is 1. The van der Waals surface area contributed by atoms with Crippen molar-refractivity contribution in [2.75, 3.05) is 13.7 Å². The zero-order valence-electron chi connectivity index (χ0n) is 12.2. The molecule has 0 atom stereocenters. The van der Waals surface area contributed by atoms with Crippen LogP contribution >= 0.6 is 15.9 Å². The Morgan fingerprint density at radius 2 is 2.18 bits per heavy atom. The fourth-order valence-corrected chi connectivity index (χ4v) is 2.27. The summed E-state index contributed by atoms with van der Waals surface area (Å²) in [6.45, 7) is 2.15. The predicted molar refractivity (Wildman–Crippen MR) is 86.4 cm³/mol. The van der Waals surface area contributed by atoms with Crippen LogP contribution < -0.4 is 5.56 Å². The number of carbonyl (C=O) groups excluding carboxylic acids is 1. The number of hydrogen-bond acceptors (Lipinski definition) is 5. The normalized spacial score (nSPS) is 11.0. The van der Waals surface area contributed by atoms with Gasteiger partial charge in [0.15, 0.2) is 0 Å². The molecule has 0 spiro atoms. The molecular formula is C15H15BrN2O4. The van der Waals surface area contributed by atoms with Crippen molar-refractivity contribution >= 4 is 38.7 Å². The summed E-state index contributed by atoms with van der Waals surface area (Å²) in [4.78, 5) is 23.8. The van der Waals surface area contributed by atoms with Gasteiger partial charge in [-0.3, -0.25) is 9.59 Å². The summed E-state index contributed by atoms with van der Waals surface area (Å²) in [6, 6.07) is 5.26. The molecular weight excluding hydrogens is 352 g/mol. The number of nitrogens with zero attached hydrogens (tertiary/aromatic N) is 2. The fourth-order valence-electron chi connectivity index (χ4n) is 1.91. The van der Waals surface area contributed by atoms with Crippen molar-refractivity contribution in [1.82, 2.24) is 9.78 Å². The van der Waals surface area contributed by atoms with E-state index in [4.69, 9.17) is 4.74 Å². The Labute approximate surface area is 135 Å². The second-order valence-corrected chi connectivity index (χ2v) is 5.29. The van der Waals surface area contributed by atoms with Gasteiger partial charge in [-0.05, 0) is 25.1 Å². The number of carbonyl (C=O) groups is 1. The van der Waals surface area contributed by atoms with E-state index in [0.29, 0.717) is 23.1 Å². The van der Waals surface area contributed by atoms with Crippen LogP contribution in [0, 0.1) is 0 Å². The highest BCUT2D eigenvalue weighted by Crippen LogP contribution is 2.20. The van der Waals surface area contributed by atoms with Crippen LogP contribution in [-0.4, -0.2) is 29.5 Å². The smallest absolute Gasteiger partial charge is 0.327 e. The van der Waals surface area contributed by atoms with Crippen LogP contribution in [0.25, 0.3) is 16.8 Å². The maximum absolute atomic E-state index is 12.4. The molecule has 0 saturated heterocycles. The van der Waals surface area contributed by atoms with Crippen molar-refractivity contribution in [3.63, 3.8) is 0 Å². The van der Waals surface area contributed by atoms with Crippen LogP contribution in [0.2, 0.25) is 0 Å². The highest BCUT2D eigenvalue weighted by molar-refractivity contribution is 9.10. The molecule has 0 N–H and O–H groups in total. The molecule has 0 bridgehead atoms. The van der Waals surface area contributed by atoms with E-state index in [1.807, 2.05) is 6.92 Å². The maximum atomic E-state index is 12.4. The third-order valence-electron chi connectivity index (χ3n) is 2.95. The summed E-state index contributed by atoms with van der Waals surface area (Å²) in [5.74, 6) is -0.536. The number of aromatic nitrogens is 2. The third-order valence-corrected chi connectivity index (χ3v) is 3.44. The second kappa shape index (κ2) is 7.22. The fraction of sp³-hybridized carbons (Fsp3) is 0.267. The minimum absolute atomic E-state index is 0.239. The summed E-state index contributed by atoms with van der Waals surface area (Å²) >= 11 is 3.38. The minimum Gasteiger partial charge on any atom is -0.501 e. The van der Waals surface area contributed by atoms with Gasteiger partial charge in [0.2, 0.25) is 0 Å². The van der Waals surface area contributed by atoms with Crippen molar-refractivity contribution in [3.05, 3.63) is 45.0 Å². The molecule has 0 aliphatic carbocycles. The van der Waals surface area contributed by atoms with Gasteiger partial charge in [-0.25, -0.2) is 4.68 Å². The number of hydrogen-bond donors (Lipinski definition) is 0. The first-order chi connectivity index (χ1) is 10.6. The third kappa shape index (κ3) is 3.54. The molecule has 1 heterocycles. The van der Waals surface area contributed by atoms with Crippen molar-refractivity contribution in [2.45, 2.75) is 13.5 Å². The Bertz CT molecular complexity index is 783. The van der Waals surface area contributed by atoms with Crippen LogP contribution in [0.15, 0.2) is 33.7 Å². The summed E-state index contributed by atoms with van der Waals surface area (Å²) < 4.78 is 11.7. The Morgan fingerprint density at radius 3 is 2.86 bits per heavy atom. The average molecular weight is 367 g/mol. The highest BCUT2D eigenvalue weighted by Gasteiger charge is 2.12. The Morgan fingerprint density at radius 1 is 1.41 bits per heavy atom. The lowest BCUT2D eigenvalue weighted by molar-refractivity contribution is -0.141. The lowest BCUT2D eigenvalue weighted by Gasteiger charge is -2.08. The van der Waals surface area contributed by atoms with Crippen molar-refractivity contribution in [2.24, 2.45) is 0 Å². The van der Waals surface area contributed by atoms with E-state index in [1.54, 1.807) is 24.3 Å². The lowest BCUT2D eigenvalue weighted by atomic mass is 10.1. The number of benzene rings is 1. The standard InChI is InChI=1S/C15H15BrN2O4/c1-3-22-7-6-13-12-8-10(16)4-5-11(12)15(20)18(17-13)9-14(19)21-2/h4-8H,3,9H2,1-2H3/b7-6+. The van der Waals surface area contributed by atoms with Crippen LogP contribution in [-0.2, 0) is 20.8 Å². The van der Waals surface area contributed by atoms with Gasteiger partial charge in [0.1, 0.15) is 6.54 Å². The van der Waals surface area contributed by atoms with Crippen LogP contribution in [0.1, 0.15) is 12.6 Å². The number of fused-ring (bicyclic) bond motifs is 1. The van der Waals surface area contributed by atoms with Crippen molar-refractivity contribution < 1.29 is 14.3 Å². The molecule has 0 fully saturated rings. The zero-order chi connectivity index (χ0) is 16.1. The Hall–Kier alpha value is -2.15. The maximum Gasteiger partial charge on any atom is 0.327 e. The molecule has 1 aromatic heterocycles. The zero-order valence-corrected chi connectivity index (χ0v) is 13.8. The number of rotatable bonds is 5. The van der Waals surface area contributed by atoms with Gasteiger partial charge in [0.05, 0.1) is 31.1 Å². The van der Waals surface area contributed by atoms with E-state index >= 15 is 0 Å². The van der Waals surface area contributed by atoms with E-state index in [-0.39, 0.29) is 12.1 Å².